The smallest absolute Gasteiger partial charge is 0.200 e. The zero-order valence-corrected chi connectivity index (χ0v) is 16.8. The molecular weight excluding hydrogens is 378 g/mol. The molecule has 0 aliphatic rings. The Morgan fingerprint density at radius 3 is 2.86 bits per heavy atom. The van der Waals surface area contributed by atoms with Gasteiger partial charge in [-0.1, -0.05) is 30.0 Å². The van der Waals surface area contributed by atoms with Crippen LogP contribution in [0.4, 0.5) is 0 Å². The Labute approximate surface area is 168 Å². The van der Waals surface area contributed by atoms with Crippen molar-refractivity contribution in [2.45, 2.75) is 18.2 Å². The fourth-order valence-corrected chi connectivity index (χ4v) is 3.38. The number of aliphatic hydroxyl groups is 1. The van der Waals surface area contributed by atoms with Crippen LogP contribution in [0.2, 0.25) is 0 Å². The molecule has 0 amide bonds. The molecule has 3 rings (SSSR count). The highest BCUT2D eigenvalue weighted by atomic mass is 32.2. The molecule has 2 heterocycles. The summed E-state index contributed by atoms with van der Waals surface area (Å²) in [4.78, 5) is 0. The minimum Gasteiger partial charge on any atom is -0.493 e. The van der Waals surface area contributed by atoms with Gasteiger partial charge in [-0.2, -0.15) is 0 Å². The molecule has 1 N–H and O–H groups in total. The van der Waals surface area contributed by atoms with Crippen molar-refractivity contribution in [2.24, 2.45) is 7.05 Å². The Balaban J connectivity index is 1.55. The van der Waals surface area contributed by atoms with Crippen LogP contribution >= 0.6 is 11.8 Å². The molecule has 3 aromatic rings. The van der Waals surface area contributed by atoms with Gasteiger partial charge in [-0.05, 0) is 36.8 Å². The molecule has 28 heavy (non-hydrogen) atoms. The van der Waals surface area contributed by atoms with Gasteiger partial charge in [-0.25, -0.2) is 0 Å². The lowest BCUT2D eigenvalue weighted by atomic mass is 10.2. The van der Waals surface area contributed by atoms with Crippen LogP contribution in [-0.2, 0) is 7.05 Å². The Morgan fingerprint density at radius 1 is 1.29 bits per heavy atom. The summed E-state index contributed by atoms with van der Waals surface area (Å²) in [5.41, 5.74) is 1.03. The van der Waals surface area contributed by atoms with Crippen LogP contribution in [0.3, 0.4) is 0 Å². The van der Waals surface area contributed by atoms with E-state index in [1.54, 1.807) is 19.4 Å². The molecule has 2 aromatic heterocycles. The third-order valence-electron chi connectivity index (χ3n) is 3.96. The van der Waals surface area contributed by atoms with E-state index in [1.807, 2.05) is 55.0 Å². The van der Waals surface area contributed by atoms with Crippen LogP contribution in [0.1, 0.15) is 12.5 Å². The predicted molar refractivity (Wildman–Crippen MR) is 109 cm³/mol. The van der Waals surface area contributed by atoms with Crippen LogP contribution < -0.4 is 9.47 Å². The molecule has 0 aliphatic carbocycles. The fraction of sp³-hybridized carbons (Fsp3) is 0.300. The summed E-state index contributed by atoms with van der Waals surface area (Å²) in [5, 5.41) is 19.3. The van der Waals surface area contributed by atoms with Crippen LogP contribution in [0, 0.1) is 0 Å². The van der Waals surface area contributed by atoms with Crippen molar-refractivity contribution >= 4 is 17.8 Å². The van der Waals surface area contributed by atoms with E-state index in [4.69, 9.17) is 13.9 Å². The second kappa shape index (κ2) is 9.48. The number of aromatic nitrogens is 3. The van der Waals surface area contributed by atoms with Crippen LogP contribution in [0.15, 0.2) is 52.2 Å². The standard InChI is InChI=1S/C20H23N3O4S/c1-4-6-14-8-9-16(18(11-14)25-3)27-12-15(24)13-28-20-22-21-19(23(20)2)17-7-5-10-26-17/h4-11,15,24H,12-13H2,1-3H3/b6-4+. The minimum absolute atomic E-state index is 0.148. The Hall–Kier alpha value is -2.71. The topological polar surface area (TPSA) is 82.5 Å². The molecule has 0 fully saturated rings. The molecular formula is C20H23N3O4S. The first-order valence-corrected chi connectivity index (χ1v) is 9.78. The first-order valence-electron chi connectivity index (χ1n) is 8.80. The molecule has 1 aromatic carbocycles. The van der Waals surface area contributed by atoms with E-state index in [-0.39, 0.29) is 6.61 Å². The third kappa shape index (κ3) is 4.76. The van der Waals surface area contributed by atoms with Crippen molar-refractivity contribution in [1.82, 2.24) is 14.8 Å². The van der Waals surface area contributed by atoms with Crippen molar-refractivity contribution in [2.75, 3.05) is 19.5 Å². The van der Waals surface area contributed by atoms with Gasteiger partial charge >= 0.3 is 0 Å². The quantitative estimate of drug-likeness (QED) is 0.548. The maximum Gasteiger partial charge on any atom is 0.200 e. The summed E-state index contributed by atoms with van der Waals surface area (Å²) in [7, 11) is 3.46. The molecule has 1 atom stereocenters. The summed E-state index contributed by atoms with van der Waals surface area (Å²) >= 11 is 1.40. The maximum atomic E-state index is 10.3. The fourth-order valence-electron chi connectivity index (χ4n) is 2.57. The highest BCUT2D eigenvalue weighted by Gasteiger charge is 2.15. The summed E-state index contributed by atoms with van der Waals surface area (Å²) in [6.45, 7) is 2.11. The van der Waals surface area contributed by atoms with Gasteiger partial charge in [0, 0.05) is 12.8 Å². The average Bonchev–Trinajstić information content (AvgIpc) is 3.35. The van der Waals surface area contributed by atoms with Gasteiger partial charge in [-0.15, -0.1) is 10.2 Å². The van der Waals surface area contributed by atoms with E-state index in [9.17, 15) is 5.11 Å². The number of hydrogen-bond donors (Lipinski definition) is 1. The van der Waals surface area contributed by atoms with E-state index >= 15 is 0 Å². The number of nitrogens with zero attached hydrogens (tertiary/aromatic N) is 3. The van der Waals surface area contributed by atoms with Gasteiger partial charge in [-0.3, -0.25) is 0 Å². The van der Waals surface area contributed by atoms with E-state index in [0.29, 0.717) is 34.0 Å². The first kappa shape index (κ1) is 20.0. The number of hydrogen-bond acceptors (Lipinski definition) is 7. The SMILES string of the molecule is C/C=C/c1ccc(OCC(O)CSc2nnc(-c3ccco3)n2C)c(OC)c1. The van der Waals surface area contributed by atoms with Gasteiger partial charge in [0.15, 0.2) is 28.2 Å². The van der Waals surface area contributed by atoms with Gasteiger partial charge in [0.2, 0.25) is 0 Å². The lowest BCUT2D eigenvalue weighted by molar-refractivity contribution is 0.124. The lowest BCUT2D eigenvalue weighted by Crippen LogP contribution is -2.20. The van der Waals surface area contributed by atoms with Crippen LogP contribution in [0.5, 0.6) is 11.5 Å². The van der Waals surface area contributed by atoms with Gasteiger partial charge in [0.1, 0.15) is 6.61 Å². The number of ether oxygens (including phenoxy) is 2. The highest BCUT2D eigenvalue weighted by Crippen LogP contribution is 2.29. The van der Waals surface area contributed by atoms with Crippen LogP contribution in [-0.4, -0.2) is 45.4 Å². The highest BCUT2D eigenvalue weighted by molar-refractivity contribution is 7.99. The largest absolute Gasteiger partial charge is 0.493 e. The van der Waals surface area contributed by atoms with E-state index in [2.05, 4.69) is 10.2 Å². The molecule has 8 heteroatoms. The number of benzene rings is 1. The number of rotatable bonds is 9. The van der Waals surface area contributed by atoms with Crippen LogP contribution in [0.25, 0.3) is 17.7 Å². The molecule has 0 saturated carbocycles. The molecule has 7 nitrogen and oxygen atoms in total. The number of thioether (sulfide) groups is 1. The molecule has 1 unspecified atom stereocenters. The number of methoxy groups -OCH3 is 1. The summed E-state index contributed by atoms with van der Waals surface area (Å²) in [6, 6.07) is 9.31. The van der Waals surface area contributed by atoms with Crippen molar-refractivity contribution in [3.63, 3.8) is 0 Å². The Kier molecular flexibility index (Phi) is 6.78. The zero-order valence-electron chi connectivity index (χ0n) is 16.0. The third-order valence-corrected chi connectivity index (χ3v) is 5.12. The summed E-state index contributed by atoms with van der Waals surface area (Å²) in [5.74, 6) is 2.94. The minimum atomic E-state index is -0.673. The van der Waals surface area contributed by atoms with E-state index < -0.39 is 6.10 Å². The number of furan rings is 1. The second-order valence-corrected chi connectivity index (χ2v) is 7.02. The molecule has 0 spiro atoms. The molecule has 0 aliphatic heterocycles. The van der Waals surface area contributed by atoms with Gasteiger partial charge in [0.05, 0.1) is 19.5 Å². The van der Waals surface area contributed by atoms with E-state index in [1.165, 1.54) is 11.8 Å². The normalized spacial score (nSPS) is 12.4. The van der Waals surface area contributed by atoms with Crippen molar-refractivity contribution in [3.8, 4) is 23.1 Å². The average molecular weight is 401 g/mol. The predicted octanol–water partition coefficient (Wildman–Crippen LogP) is 3.65. The second-order valence-electron chi connectivity index (χ2n) is 6.03. The molecule has 0 radical (unpaired) electrons. The van der Waals surface area contributed by atoms with Crippen molar-refractivity contribution in [1.29, 1.82) is 0 Å². The van der Waals surface area contributed by atoms with E-state index in [0.717, 1.165) is 5.56 Å². The zero-order chi connectivity index (χ0) is 19.9. The Morgan fingerprint density at radius 2 is 2.14 bits per heavy atom. The van der Waals surface area contributed by atoms with Crippen molar-refractivity contribution < 1.29 is 19.0 Å². The monoisotopic (exact) mass is 401 g/mol. The summed E-state index contributed by atoms with van der Waals surface area (Å²) < 4.78 is 18.3. The maximum absolute atomic E-state index is 10.3. The number of allylic oxidation sites excluding steroid dienone is 1. The number of aliphatic hydroxyl groups excluding tert-OH is 1. The molecule has 0 bridgehead atoms. The van der Waals surface area contributed by atoms with Gasteiger partial charge in [0.25, 0.3) is 0 Å². The molecule has 148 valence electrons. The lowest BCUT2D eigenvalue weighted by Gasteiger charge is -2.14. The van der Waals surface area contributed by atoms with Gasteiger partial charge < -0.3 is 23.6 Å². The molecule has 0 saturated heterocycles. The Bertz CT molecular complexity index is 922. The summed E-state index contributed by atoms with van der Waals surface area (Å²) in [6.07, 6.45) is 4.86. The van der Waals surface area contributed by atoms with Crippen molar-refractivity contribution in [3.05, 3.63) is 48.2 Å². The first-order chi connectivity index (χ1) is 13.6.